The summed E-state index contributed by atoms with van der Waals surface area (Å²) in [5.74, 6) is 0. The zero-order valence-electron chi connectivity index (χ0n) is 13.3. The van der Waals surface area contributed by atoms with Crippen molar-refractivity contribution in [1.29, 1.82) is 0 Å². The Hall–Kier alpha value is 0.870. The molecule has 2 atom stereocenters. The second kappa shape index (κ2) is 13.5. The molecule has 6 heteroatoms. The molecule has 1 N–H and O–H groups in total. The summed E-state index contributed by atoms with van der Waals surface area (Å²) in [5.41, 5.74) is 0. The molecule has 0 aliphatic carbocycles. The summed E-state index contributed by atoms with van der Waals surface area (Å²) in [6.07, 6.45) is 8.11. The fourth-order valence-corrected chi connectivity index (χ4v) is 3.22. The van der Waals surface area contributed by atoms with Gasteiger partial charge in [0, 0.05) is 5.25 Å². The Morgan fingerprint density at radius 3 is 1.90 bits per heavy atom. The molecule has 0 rings (SSSR count). The van der Waals surface area contributed by atoms with Gasteiger partial charge in [-0.15, -0.1) is 0 Å². The van der Waals surface area contributed by atoms with E-state index in [1.165, 1.54) is 0 Å². The van der Waals surface area contributed by atoms with E-state index in [2.05, 4.69) is 0 Å². The van der Waals surface area contributed by atoms with E-state index in [1.807, 2.05) is 13.8 Å². The van der Waals surface area contributed by atoms with E-state index in [0.717, 1.165) is 51.4 Å². The van der Waals surface area contributed by atoms with Crippen molar-refractivity contribution in [1.82, 2.24) is 0 Å². The monoisotopic (exact) mass is 316 g/mol. The van der Waals surface area contributed by atoms with Gasteiger partial charge in [-0.2, -0.15) is 0 Å². The van der Waals surface area contributed by atoms with Crippen LogP contribution < -0.4 is 29.6 Å². The van der Waals surface area contributed by atoms with Crippen LogP contribution in [0.4, 0.5) is 0 Å². The molecule has 0 amide bonds. The van der Waals surface area contributed by atoms with Crippen LogP contribution in [0.2, 0.25) is 0 Å². The molecular weight excluding hydrogens is 287 g/mol. The number of rotatable bonds is 12. The van der Waals surface area contributed by atoms with Gasteiger partial charge in [-0.05, 0) is 25.7 Å². The number of hydrogen-bond acceptors (Lipinski definition) is 4. The maximum atomic E-state index is 11.0. The van der Waals surface area contributed by atoms with Gasteiger partial charge in [0.25, 0.3) is 0 Å². The molecule has 0 aliphatic heterocycles. The van der Waals surface area contributed by atoms with Gasteiger partial charge in [-0.25, -0.2) is 8.42 Å². The molecular formula is C14H29NaO4S. The first kappa shape index (κ1) is 23.1. The van der Waals surface area contributed by atoms with Gasteiger partial charge in [-0.1, -0.05) is 52.4 Å². The SMILES string of the molecule is CCCC(CCCCCCCC(O)CC)S(=O)(=O)[O-].[Na+]. The number of aliphatic hydroxyl groups is 1. The molecule has 0 aromatic heterocycles. The zero-order chi connectivity index (χ0) is 14.7. The fraction of sp³-hybridized carbons (Fsp3) is 1.00. The summed E-state index contributed by atoms with van der Waals surface area (Å²) >= 11 is 0. The number of unbranched alkanes of at least 4 members (excludes halogenated alkanes) is 4. The molecule has 0 saturated heterocycles. The molecule has 116 valence electrons. The van der Waals surface area contributed by atoms with Crippen molar-refractivity contribution in [3.05, 3.63) is 0 Å². The molecule has 4 nitrogen and oxygen atoms in total. The normalized spacial score (nSPS) is 14.6. The molecule has 0 saturated carbocycles. The second-order valence-corrected chi connectivity index (χ2v) is 6.96. The van der Waals surface area contributed by atoms with E-state index in [9.17, 15) is 18.1 Å². The van der Waals surface area contributed by atoms with Crippen molar-refractivity contribution in [3.8, 4) is 0 Å². The minimum absolute atomic E-state index is 0. The predicted octanol–water partition coefficient (Wildman–Crippen LogP) is 0.206. The van der Waals surface area contributed by atoms with Gasteiger partial charge in [0.1, 0.15) is 0 Å². The molecule has 20 heavy (non-hydrogen) atoms. The van der Waals surface area contributed by atoms with Crippen molar-refractivity contribution < 1.29 is 47.6 Å². The smallest absolute Gasteiger partial charge is 0.748 e. The molecule has 0 aromatic rings. The summed E-state index contributed by atoms with van der Waals surface area (Å²) in [4.78, 5) is 0. The van der Waals surface area contributed by atoms with Crippen molar-refractivity contribution >= 4 is 10.1 Å². The third-order valence-electron chi connectivity index (χ3n) is 3.55. The first-order valence-corrected chi connectivity index (χ1v) is 9.01. The number of hydrogen-bond donors (Lipinski definition) is 1. The summed E-state index contributed by atoms with van der Waals surface area (Å²) in [7, 11) is -4.12. The standard InChI is InChI=1S/C14H30O4S.Na/c1-3-10-14(19(16,17)18)12-9-7-5-6-8-11-13(15)4-2;/h13-15H,3-12H2,1-2H3,(H,16,17,18);/q;+1/p-1. The van der Waals surface area contributed by atoms with E-state index in [0.29, 0.717) is 12.8 Å². The van der Waals surface area contributed by atoms with E-state index < -0.39 is 15.4 Å². The van der Waals surface area contributed by atoms with Crippen LogP contribution in [0.25, 0.3) is 0 Å². The summed E-state index contributed by atoms with van der Waals surface area (Å²) in [6, 6.07) is 0. The summed E-state index contributed by atoms with van der Waals surface area (Å²) in [5, 5.41) is 8.69. The summed E-state index contributed by atoms with van der Waals surface area (Å²) < 4.78 is 33.0. The van der Waals surface area contributed by atoms with Gasteiger partial charge in [0.2, 0.25) is 0 Å². The Morgan fingerprint density at radius 1 is 0.950 bits per heavy atom. The van der Waals surface area contributed by atoms with Crippen LogP contribution in [-0.4, -0.2) is 29.4 Å². The van der Waals surface area contributed by atoms with Crippen LogP contribution in [0.5, 0.6) is 0 Å². The quantitative estimate of drug-likeness (QED) is 0.317. The summed E-state index contributed by atoms with van der Waals surface area (Å²) in [6.45, 7) is 3.87. The Labute approximate surface area is 146 Å². The average Bonchev–Trinajstić information content (AvgIpc) is 2.34. The van der Waals surface area contributed by atoms with Crippen molar-refractivity contribution in [2.75, 3.05) is 0 Å². The van der Waals surface area contributed by atoms with Gasteiger partial charge < -0.3 is 9.66 Å². The van der Waals surface area contributed by atoms with E-state index in [4.69, 9.17) is 0 Å². The number of aliphatic hydroxyl groups excluding tert-OH is 1. The molecule has 2 unspecified atom stereocenters. The van der Waals surface area contributed by atoms with Gasteiger partial charge >= 0.3 is 29.6 Å². The molecule has 0 aliphatic rings. The van der Waals surface area contributed by atoms with Crippen LogP contribution in [0.1, 0.15) is 78.1 Å². The van der Waals surface area contributed by atoms with Gasteiger partial charge in [-0.3, -0.25) is 0 Å². The average molecular weight is 316 g/mol. The van der Waals surface area contributed by atoms with Gasteiger partial charge in [0.15, 0.2) is 0 Å². The van der Waals surface area contributed by atoms with Crippen molar-refractivity contribution in [3.63, 3.8) is 0 Å². The van der Waals surface area contributed by atoms with Crippen LogP contribution >= 0.6 is 0 Å². The molecule has 0 radical (unpaired) electrons. The Balaban J connectivity index is 0. The molecule has 0 heterocycles. The van der Waals surface area contributed by atoms with E-state index >= 15 is 0 Å². The zero-order valence-corrected chi connectivity index (χ0v) is 16.1. The van der Waals surface area contributed by atoms with Crippen LogP contribution in [-0.2, 0) is 10.1 Å². The van der Waals surface area contributed by atoms with Gasteiger partial charge in [0.05, 0.1) is 16.2 Å². The Morgan fingerprint density at radius 2 is 1.45 bits per heavy atom. The predicted molar refractivity (Wildman–Crippen MR) is 77.0 cm³/mol. The van der Waals surface area contributed by atoms with Crippen molar-refractivity contribution in [2.24, 2.45) is 0 Å². The third-order valence-corrected chi connectivity index (χ3v) is 4.84. The van der Waals surface area contributed by atoms with E-state index in [-0.39, 0.29) is 35.7 Å². The van der Waals surface area contributed by atoms with Crippen LogP contribution in [0, 0.1) is 0 Å². The van der Waals surface area contributed by atoms with Crippen LogP contribution in [0.15, 0.2) is 0 Å². The third kappa shape index (κ3) is 12.6. The van der Waals surface area contributed by atoms with Crippen molar-refractivity contribution in [2.45, 2.75) is 89.4 Å². The second-order valence-electron chi connectivity index (χ2n) is 5.31. The largest absolute Gasteiger partial charge is 1.00 e. The van der Waals surface area contributed by atoms with E-state index in [1.54, 1.807) is 0 Å². The molecule has 0 fully saturated rings. The Kier molecular flexibility index (Phi) is 15.7. The Bertz CT molecular complexity index is 306. The first-order chi connectivity index (χ1) is 8.91. The molecule has 0 bridgehead atoms. The topological polar surface area (TPSA) is 77.4 Å². The minimum atomic E-state index is -4.12. The molecule has 0 spiro atoms. The maximum absolute atomic E-state index is 11.0. The maximum Gasteiger partial charge on any atom is 1.00 e. The first-order valence-electron chi connectivity index (χ1n) is 7.54. The molecule has 0 aromatic carbocycles. The fourth-order valence-electron chi connectivity index (χ4n) is 2.24. The van der Waals surface area contributed by atoms with Crippen LogP contribution in [0.3, 0.4) is 0 Å². The minimum Gasteiger partial charge on any atom is -0.748 e.